The smallest absolute Gasteiger partial charge is 0.269 e. The Hall–Kier alpha value is -3.41. The largest absolute Gasteiger partial charge is 0.456 e. The zero-order chi connectivity index (χ0) is 31.6. The second kappa shape index (κ2) is 13.5. The predicted molar refractivity (Wildman–Crippen MR) is 177 cm³/mol. The van der Waals surface area contributed by atoms with Gasteiger partial charge in [0.15, 0.2) is 0 Å². The third-order valence-corrected chi connectivity index (χ3v) is 10.3. The van der Waals surface area contributed by atoms with Crippen molar-refractivity contribution < 1.29 is 23.3 Å². The Morgan fingerprint density at radius 2 is 1.84 bits per heavy atom. The number of hydrogen-bond acceptors (Lipinski definition) is 7. The van der Waals surface area contributed by atoms with Crippen LogP contribution < -0.4 is 5.32 Å². The molecule has 1 fully saturated rings. The normalized spacial score (nSPS) is 18.3. The van der Waals surface area contributed by atoms with Crippen LogP contribution >= 0.6 is 0 Å². The lowest BCUT2D eigenvalue weighted by molar-refractivity contribution is 0.0374. The fraction of sp³-hybridized carbons (Fsp3) is 0.429. The van der Waals surface area contributed by atoms with E-state index in [0.29, 0.717) is 30.9 Å². The Morgan fingerprint density at radius 3 is 2.60 bits per heavy atom. The number of carbonyl (C=O) groups is 1. The van der Waals surface area contributed by atoms with Gasteiger partial charge in [0.2, 0.25) is 0 Å². The second-order valence-corrected chi connectivity index (χ2v) is 14.9. The first-order valence-corrected chi connectivity index (χ1v) is 16.8. The number of furan rings is 1. The Kier molecular flexibility index (Phi) is 9.49. The van der Waals surface area contributed by atoms with Gasteiger partial charge in [-0.2, -0.15) is 0 Å². The molecule has 0 unspecified atom stereocenters. The van der Waals surface area contributed by atoms with Crippen molar-refractivity contribution in [1.29, 1.82) is 0 Å². The van der Waals surface area contributed by atoms with Crippen LogP contribution in [0.5, 0.6) is 0 Å². The maximum Gasteiger partial charge on any atom is 0.269 e. The molecular formula is C35H42N4O5S. The van der Waals surface area contributed by atoms with Crippen LogP contribution in [-0.2, 0) is 22.3 Å². The first-order chi connectivity index (χ1) is 21.7. The van der Waals surface area contributed by atoms with Crippen LogP contribution in [-0.4, -0.2) is 80.2 Å². The number of para-hydroxylation sites is 1. The number of hydrogen-bond donors (Lipinski definition) is 2. The van der Waals surface area contributed by atoms with Crippen molar-refractivity contribution in [3.05, 3.63) is 77.5 Å². The van der Waals surface area contributed by atoms with Crippen LogP contribution in [0.4, 0.5) is 0 Å². The highest BCUT2D eigenvalue weighted by atomic mass is 32.2. The second-order valence-electron chi connectivity index (χ2n) is 12.7. The number of aromatic nitrogens is 1. The molecule has 0 bridgehead atoms. The zero-order valence-corrected chi connectivity index (χ0v) is 27.1. The maximum atomic E-state index is 13.7. The molecule has 2 atom stereocenters. The molecule has 2 aliphatic rings. The lowest BCUT2D eigenvalue weighted by Gasteiger charge is -2.30. The van der Waals surface area contributed by atoms with Crippen LogP contribution in [0, 0.1) is 0 Å². The predicted octanol–water partition coefficient (Wildman–Crippen LogP) is 5.32. The first kappa shape index (κ1) is 31.6. The van der Waals surface area contributed by atoms with E-state index >= 15 is 0 Å². The monoisotopic (exact) mass is 630 g/mol. The van der Waals surface area contributed by atoms with E-state index in [0.717, 1.165) is 78.3 Å². The summed E-state index contributed by atoms with van der Waals surface area (Å²) >= 11 is 0. The number of fused-ring (bicyclic) bond motifs is 2. The van der Waals surface area contributed by atoms with Gasteiger partial charge in [0.05, 0.1) is 29.7 Å². The number of carbonyl (C=O) groups excluding carboxylic acids is 1. The molecular weight excluding hydrogens is 588 g/mol. The van der Waals surface area contributed by atoms with Crippen molar-refractivity contribution >= 4 is 27.9 Å². The summed E-state index contributed by atoms with van der Waals surface area (Å²) in [7, 11) is -1.34. The number of pyridine rings is 1. The highest BCUT2D eigenvalue weighted by Crippen LogP contribution is 2.44. The van der Waals surface area contributed by atoms with E-state index < -0.39 is 15.7 Å². The maximum absolute atomic E-state index is 13.7. The molecule has 1 amide bonds. The minimum absolute atomic E-state index is 0.0637. The highest BCUT2D eigenvalue weighted by Gasteiger charge is 2.40. The summed E-state index contributed by atoms with van der Waals surface area (Å²) in [5.41, 5.74) is 5.34. The fourth-order valence-electron chi connectivity index (χ4n) is 6.17. The summed E-state index contributed by atoms with van der Waals surface area (Å²) in [6.07, 6.45) is 1.24. The van der Waals surface area contributed by atoms with Gasteiger partial charge in [0.25, 0.3) is 5.91 Å². The van der Waals surface area contributed by atoms with Crippen molar-refractivity contribution in [3.63, 3.8) is 0 Å². The highest BCUT2D eigenvalue weighted by molar-refractivity contribution is 7.84. The van der Waals surface area contributed by atoms with Gasteiger partial charge in [-0.1, -0.05) is 36.4 Å². The molecule has 2 aliphatic heterocycles. The molecule has 238 valence electrons. The number of benzene rings is 2. The van der Waals surface area contributed by atoms with Crippen LogP contribution in [0.1, 0.15) is 61.3 Å². The lowest BCUT2D eigenvalue weighted by atomic mass is 9.95. The topological polar surface area (TPSA) is 108 Å². The fourth-order valence-corrected chi connectivity index (χ4v) is 7.57. The van der Waals surface area contributed by atoms with Crippen molar-refractivity contribution in [3.8, 4) is 22.6 Å². The van der Waals surface area contributed by atoms with Gasteiger partial charge in [0.1, 0.15) is 28.0 Å². The van der Waals surface area contributed by atoms with E-state index in [1.807, 2.05) is 85.7 Å². The van der Waals surface area contributed by atoms with Crippen LogP contribution in [0.3, 0.4) is 0 Å². The molecule has 4 aromatic rings. The molecule has 1 saturated heterocycles. The minimum atomic E-state index is -1.34. The molecule has 4 heterocycles. The third-order valence-electron chi connectivity index (χ3n) is 8.41. The summed E-state index contributed by atoms with van der Waals surface area (Å²) in [5, 5.41) is 14.2. The van der Waals surface area contributed by atoms with E-state index in [1.54, 1.807) is 0 Å². The standard InChI is InChI=1S/C35H42N4O5S/c1-35(2,3)45(42)39-23-27-21-28(34(41)36-13-7-14-38-15-18-43-19-16-38)37-33(32(27)29(39)12-17-40)26-10-6-9-24(20-26)31-22-25-8-4-5-11-30(25)44-31/h4-6,8-11,20-22,29,40H,7,12-19,23H2,1-3H3,(H,36,41)/t29-,45-/m1/s1. The Labute approximate surface area is 267 Å². The molecule has 2 aromatic heterocycles. The zero-order valence-electron chi connectivity index (χ0n) is 26.3. The molecule has 2 aromatic carbocycles. The third kappa shape index (κ3) is 6.90. The van der Waals surface area contributed by atoms with E-state index in [1.165, 1.54) is 0 Å². The molecule has 0 saturated carbocycles. The Balaban J connectivity index is 1.35. The number of ether oxygens (including phenoxy) is 1. The summed E-state index contributed by atoms with van der Waals surface area (Å²) in [5.74, 6) is 0.509. The van der Waals surface area contributed by atoms with E-state index in [2.05, 4.69) is 10.2 Å². The van der Waals surface area contributed by atoms with Gasteiger partial charge < -0.3 is 19.6 Å². The van der Waals surface area contributed by atoms with Gasteiger partial charge >= 0.3 is 0 Å². The van der Waals surface area contributed by atoms with Crippen molar-refractivity contribution in [2.45, 2.75) is 50.9 Å². The summed E-state index contributed by atoms with van der Waals surface area (Å²) in [6.45, 7) is 11.0. The van der Waals surface area contributed by atoms with E-state index in [9.17, 15) is 14.1 Å². The first-order valence-electron chi connectivity index (χ1n) is 15.7. The van der Waals surface area contributed by atoms with Crippen LogP contribution in [0.15, 0.2) is 65.1 Å². The van der Waals surface area contributed by atoms with Gasteiger partial charge in [-0.3, -0.25) is 9.69 Å². The molecule has 0 radical (unpaired) electrons. The van der Waals surface area contributed by atoms with Gasteiger partial charge in [-0.15, -0.1) is 0 Å². The summed E-state index contributed by atoms with van der Waals surface area (Å²) in [4.78, 5) is 20.8. The number of aliphatic hydroxyl groups is 1. The summed E-state index contributed by atoms with van der Waals surface area (Å²) < 4.78 is 26.8. The van der Waals surface area contributed by atoms with E-state index in [4.69, 9.17) is 14.1 Å². The number of nitrogens with zero attached hydrogens (tertiary/aromatic N) is 3. The van der Waals surface area contributed by atoms with Crippen LogP contribution in [0.2, 0.25) is 0 Å². The number of morpholine rings is 1. The summed E-state index contributed by atoms with van der Waals surface area (Å²) in [6, 6.07) is 19.4. The van der Waals surface area contributed by atoms with Crippen LogP contribution in [0.25, 0.3) is 33.6 Å². The van der Waals surface area contributed by atoms with Gasteiger partial charge in [-0.05, 0) is 70.0 Å². The molecule has 10 heteroatoms. The van der Waals surface area contributed by atoms with Crippen molar-refractivity contribution in [2.24, 2.45) is 0 Å². The van der Waals surface area contributed by atoms with Gasteiger partial charge in [-0.25, -0.2) is 13.5 Å². The number of nitrogens with one attached hydrogen (secondary N) is 1. The molecule has 2 N–H and O–H groups in total. The molecule has 6 rings (SSSR count). The Morgan fingerprint density at radius 1 is 1.07 bits per heavy atom. The molecule has 0 aliphatic carbocycles. The molecule has 45 heavy (non-hydrogen) atoms. The molecule has 0 spiro atoms. The number of amides is 1. The number of rotatable bonds is 10. The van der Waals surface area contributed by atoms with Crippen molar-refractivity contribution in [2.75, 3.05) is 46.0 Å². The van der Waals surface area contributed by atoms with Crippen molar-refractivity contribution in [1.82, 2.24) is 19.5 Å². The van der Waals surface area contributed by atoms with Gasteiger partial charge in [0, 0.05) is 54.9 Å². The SMILES string of the molecule is CC(C)(C)[S@@](=O)N1Cc2cc(C(=O)NCCCN3CCOCC3)nc(-c3cccc(-c4cc5ccccc5o4)c3)c2[C@H]1CCO. The number of aliphatic hydroxyl groups excluding tert-OH is 1. The lowest BCUT2D eigenvalue weighted by Crippen LogP contribution is -2.38. The molecule has 9 nitrogen and oxygen atoms in total. The minimum Gasteiger partial charge on any atom is -0.456 e. The average molecular weight is 631 g/mol. The quantitative estimate of drug-likeness (QED) is 0.229. The average Bonchev–Trinajstić information content (AvgIpc) is 3.64. The van der Waals surface area contributed by atoms with E-state index in [-0.39, 0.29) is 18.6 Å². The Bertz CT molecular complexity index is 1660.